The Kier molecular flexibility index (Phi) is 3.35. The number of hydrogen-bond donors (Lipinski definition) is 1. The van der Waals surface area contributed by atoms with Crippen molar-refractivity contribution in [3.05, 3.63) is 24.0 Å². The molecular formula is C15H23N3O. The molecule has 2 atom stereocenters. The third kappa shape index (κ3) is 2.54. The van der Waals surface area contributed by atoms with Crippen LogP contribution in [-0.2, 0) is 0 Å². The van der Waals surface area contributed by atoms with E-state index >= 15 is 0 Å². The fourth-order valence-corrected chi connectivity index (χ4v) is 3.03. The van der Waals surface area contributed by atoms with E-state index in [1.165, 1.54) is 12.8 Å². The molecule has 4 nitrogen and oxygen atoms in total. The van der Waals surface area contributed by atoms with Crippen molar-refractivity contribution in [2.24, 2.45) is 11.7 Å². The number of piperidine rings is 1. The molecule has 1 aromatic rings. The highest BCUT2D eigenvalue weighted by molar-refractivity contribution is 5.93. The first-order chi connectivity index (χ1) is 9.16. The Labute approximate surface area is 114 Å². The van der Waals surface area contributed by atoms with Crippen molar-refractivity contribution >= 4 is 5.91 Å². The molecule has 104 valence electrons. The molecule has 19 heavy (non-hydrogen) atoms. The SMILES string of the molecule is CC(N)C1CCCN(C(=O)c2cccn2C2CC2)C1. The minimum atomic E-state index is 0.172. The molecule has 2 aliphatic rings. The summed E-state index contributed by atoms with van der Waals surface area (Å²) in [5.74, 6) is 0.629. The van der Waals surface area contributed by atoms with Gasteiger partial charge in [0.05, 0.1) is 0 Å². The van der Waals surface area contributed by atoms with E-state index in [4.69, 9.17) is 5.73 Å². The second-order valence-electron chi connectivity index (χ2n) is 6.04. The molecule has 0 aromatic carbocycles. The molecule has 1 aromatic heterocycles. The van der Waals surface area contributed by atoms with Crippen LogP contribution in [0, 0.1) is 5.92 Å². The Morgan fingerprint density at radius 3 is 2.89 bits per heavy atom. The Bertz CT molecular complexity index is 462. The number of carbonyl (C=O) groups is 1. The van der Waals surface area contributed by atoms with E-state index in [0.717, 1.165) is 31.6 Å². The van der Waals surface area contributed by atoms with Gasteiger partial charge in [-0.15, -0.1) is 0 Å². The molecule has 3 rings (SSSR count). The molecular weight excluding hydrogens is 238 g/mol. The van der Waals surface area contributed by atoms with E-state index < -0.39 is 0 Å². The van der Waals surface area contributed by atoms with Gasteiger partial charge < -0.3 is 15.2 Å². The molecule has 0 spiro atoms. The minimum Gasteiger partial charge on any atom is -0.340 e. The second kappa shape index (κ2) is 5.00. The van der Waals surface area contributed by atoms with Crippen LogP contribution < -0.4 is 5.73 Å². The Balaban J connectivity index is 1.74. The van der Waals surface area contributed by atoms with Crippen LogP contribution in [0.25, 0.3) is 0 Å². The van der Waals surface area contributed by atoms with E-state index in [9.17, 15) is 4.79 Å². The summed E-state index contributed by atoms with van der Waals surface area (Å²) in [6.45, 7) is 3.73. The zero-order valence-electron chi connectivity index (χ0n) is 11.6. The fourth-order valence-electron chi connectivity index (χ4n) is 3.03. The molecule has 4 heteroatoms. The third-order valence-corrected chi connectivity index (χ3v) is 4.43. The Hall–Kier alpha value is -1.29. The lowest BCUT2D eigenvalue weighted by Crippen LogP contribution is -2.45. The Morgan fingerprint density at radius 1 is 1.42 bits per heavy atom. The van der Waals surface area contributed by atoms with Gasteiger partial charge in [-0.25, -0.2) is 0 Å². The maximum absolute atomic E-state index is 12.6. The predicted molar refractivity (Wildman–Crippen MR) is 75.0 cm³/mol. The van der Waals surface area contributed by atoms with E-state index in [1.54, 1.807) is 0 Å². The van der Waals surface area contributed by atoms with Crippen molar-refractivity contribution in [2.75, 3.05) is 13.1 Å². The smallest absolute Gasteiger partial charge is 0.270 e. The van der Waals surface area contributed by atoms with Crippen molar-refractivity contribution in [2.45, 2.75) is 44.7 Å². The molecule has 0 radical (unpaired) electrons. The van der Waals surface area contributed by atoms with Crippen molar-refractivity contribution in [3.8, 4) is 0 Å². The van der Waals surface area contributed by atoms with Gasteiger partial charge in [0.25, 0.3) is 5.91 Å². The number of amides is 1. The summed E-state index contributed by atoms with van der Waals surface area (Å²) in [6, 6.07) is 4.67. The topological polar surface area (TPSA) is 51.3 Å². The highest BCUT2D eigenvalue weighted by Gasteiger charge is 2.31. The lowest BCUT2D eigenvalue weighted by molar-refractivity contribution is 0.0650. The first-order valence-electron chi connectivity index (χ1n) is 7.38. The minimum absolute atomic E-state index is 0.172. The summed E-state index contributed by atoms with van der Waals surface area (Å²) < 4.78 is 2.15. The van der Waals surface area contributed by atoms with Crippen LogP contribution in [0.4, 0.5) is 0 Å². The molecule has 2 unspecified atom stereocenters. The zero-order valence-corrected chi connectivity index (χ0v) is 11.6. The molecule has 1 amide bonds. The molecule has 0 bridgehead atoms. The van der Waals surface area contributed by atoms with Gasteiger partial charge in [0.15, 0.2) is 0 Å². The average molecular weight is 261 g/mol. The number of nitrogens with zero attached hydrogens (tertiary/aromatic N) is 2. The number of rotatable bonds is 3. The van der Waals surface area contributed by atoms with Crippen molar-refractivity contribution in [3.63, 3.8) is 0 Å². The zero-order chi connectivity index (χ0) is 13.4. The van der Waals surface area contributed by atoms with Crippen LogP contribution in [0.1, 0.15) is 49.1 Å². The lowest BCUT2D eigenvalue weighted by atomic mass is 9.92. The number of nitrogens with two attached hydrogens (primary N) is 1. The van der Waals surface area contributed by atoms with E-state index in [1.807, 2.05) is 30.2 Å². The standard InChI is InChI=1S/C15H23N3O/c1-11(16)12-4-2-8-17(10-12)15(19)14-5-3-9-18(14)13-6-7-13/h3,5,9,11-13H,2,4,6-8,10,16H2,1H3. The van der Waals surface area contributed by atoms with Crippen molar-refractivity contribution in [1.82, 2.24) is 9.47 Å². The number of aromatic nitrogens is 1. The van der Waals surface area contributed by atoms with Crippen LogP contribution >= 0.6 is 0 Å². The highest BCUT2D eigenvalue weighted by Crippen LogP contribution is 2.36. The fraction of sp³-hybridized carbons (Fsp3) is 0.667. The maximum Gasteiger partial charge on any atom is 0.270 e. The first kappa shape index (κ1) is 12.7. The summed E-state index contributed by atoms with van der Waals surface area (Å²) in [6.07, 6.45) is 6.67. The van der Waals surface area contributed by atoms with Gasteiger partial charge >= 0.3 is 0 Å². The molecule has 1 aliphatic heterocycles. The molecule has 1 saturated heterocycles. The van der Waals surface area contributed by atoms with Crippen LogP contribution in [0.15, 0.2) is 18.3 Å². The summed E-state index contributed by atoms with van der Waals surface area (Å²) >= 11 is 0. The van der Waals surface area contributed by atoms with Gasteiger partial charge in [-0.1, -0.05) is 0 Å². The van der Waals surface area contributed by atoms with Gasteiger partial charge in [0.2, 0.25) is 0 Å². The molecule has 2 heterocycles. The largest absolute Gasteiger partial charge is 0.340 e. The van der Waals surface area contributed by atoms with Gasteiger partial charge in [-0.3, -0.25) is 4.79 Å². The van der Waals surface area contributed by atoms with Gasteiger partial charge in [0.1, 0.15) is 5.69 Å². The van der Waals surface area contributed by atoms with Crippen LogP contribution in [-0.4, -0.2) is 34.5 Å². The second-order valence-corrected chi connectivity index (χ2v) is 6.04. The third-order valence-electron chi connectivity index (χ3n) is 4.43. The lowest BCUT2D eigenvalue weighted by Gasteiger charge is -2.34. The van der Waals surface area contributed by atoms with Crippen LogP contribution in [0.2, 0.25) is 0 Å². The van der Waals surface area contributed by atoms with Crippen molar-refractivity contribution < 1.29 is 4.79 Å². The van der Waals surface area contributed by atoms with Crippen molar-refractivity contribution in [1.29, 1.82) is 0 Å². The number of likely N-dealkylation sites (tertiary alicyclic amines) is 1. The summed E-state index contributed by atoms with van der Waals surface area (Å²) in [4.78, 5) is 14.6. The number of carbonyl (C=O) groups excluding carboxylic acids is 1. The first-order valence-corrected chi connectivity index (χ1v) is 7.38. The Morgan fingerprint density at radius 2 is 2.21 bits per heavy atom. The van der Waals surface area contributed by atoms with Crippen LogP contribution in [0.3, 0.4) is 0 Å². The van der Waals surface area contributed by atoms with Crippen LogP contribution in [0.5, 0.6) is 0 Å². The quantitative estimate of drug-likeness (QED) is 0.905. The highest BCUT2D eigenvalue weighted by atomic mass is 16.2. The summed E-state index contributed by atoms with van der Waals surface area (Å²) in [7, 11) is 0. The van der Waals surface area contributed by atoms with E-state index in [-0.39, 0.29) is 11.9 Å². The van der Waals surface area contributed by atoms with Gasteiger partial charge in [-0.2, -0.15) is 0 Å². The summed E-state index contributed by atoms with van der Waals surface area (Å²) in [5.41, 5.74) is 6.85. The van der Waals surface area contributed by atoms with Gasteiger partial charge in [-0.05, 0) is 50.7 Å². The molecule has 1 saturated carbocycles. The molecule has 2 N–H and O–H groups in total. The maximum atomic E-state index is 12.6. The van der Waals surface area contributed by atoms with E-state index in [0.29, 0.717) is 12.0 Å². The monoisotopic (exact) mass is 261 g/mol. The van der Waals surface area contributed by atoms with E-state index in [2.05, 4.69) is 4.57 Å². The normalized spacial score (nSPS) is 25.4. The number of hydrogen-bond acceptors (Lipinski definition) is 2. The molecule has 1 aliphatic carbocycles. The summed E-state index contributed by atoms with van der Waals surface area (Å²) in [5, 5.41) is 0. The van der Waals surface area contributed by atoms with Gasteiger partial charge in [0, 0.05) is 31.4 Å². The molecule has 2 fully saturated rings. The predicted octanol–water partition coefficient (Wildman–Crippen LogP) is 2.02. The average Bonchev–Trinajstić information content (AvgIpc) is 3.15.